The van der Waals surface area contributed by atoms with E-state index < -0.39 is 11.9 Å². The number of fused-ring (bicyclic) bond motifs is 1. The summed E-state index contributed by atoms with van der Waals surface area (Å²) < 4.78 is 57.2. The average molecular weight is 380 g/mol. The van der Waals surface area contributed by atoms with E-state index in [2.05, 4.69) is 5.10 Å². The van der Waals surface area contributed by atoms with Gasteiger partial charge in [0.15, 0.2) is 11.5 Å². The van der Waals surface area contributed by atoms with E-state index in [9.17, 15) is 13.2 Å². The third-order valence-electron chi connectivity index (χ3n) is 4.19. The number of aryl methyl sites for hydroxylation is 1. The van der Waals surface area contributed by atoms with Crippen LogP contribution in [0.2, 0.25) is 0 Å². The third-order valence-corrected chi connectivity index (χ3v) is 4.19. The zero-order valence-corrected chi connectivity index (χ0v) is 15.3. The van der Waals surface area contributed by atoms with Crippen LogP contribution >= 0.6 is 0 Å². The number of halogens is 3. The standard InChI is InChI=1S/C19H19F3N2O3/c1-11-7-14-18(12-5-6-15(26-3)16(9-12)27-4)13(10-25-2)23-24(14)17(8-11)19(20,21)22/h5-9H,10H2,1-4H3. The van der Waals surface area contributed by atoms with Crippen molar-refractivity contribution in [3.63, 3.8) is 0 Å². The minimum atomic E-state index is -4.53. The van der Waals surface area contributed by atoms with E-state index in [1.807, 2.05) is 0 Å². The summed E-state index contributed by atoms with van der Waals surface area (Å²) in [6, 6.07) is 7.93. The van der Waals surface area contributed by atoms with E-state index in [1.54, 1.807) is 31.2 Å². The van der Waals surface area contributed by atoms with Crippen molar-refractivity contribution in [2.75, 3.05) is 21.3 Å². The van der Waals surface area contributed by atoms with Crippen LogP contribution < -0.4 is 9.47 Å². The van der Waals surface area contributed by atoms with Crippen LogP contribution in [0.5, 0.6) is 11.5 Å². The molecule has 0 aliphatic rings. The highest BCUT2D eigenvalue weighted by atomic mass is 19.4. The van der Waals surface area contributed by atoms with E-state index in [0.29, 0.717) is 39.4 Å². The van der Waals surface area contributed by atoms with Gasteiger partial charge in [-0.1, -0.05) is 6.07 Å². The van der Waals surface area contributed by atoms with Crippen LogP contribution in [0.1, 0.15) is 17.0 Å². The molecular weight excluding hydrogens is 361 g/mol. The molecule has 0 spiro atoms. The van der Waals surface area contributed by atoms with E-state index in [-0.39, 0.29) is 6.61 Å². The van der Waals surface area contributed by atoms with Gasteiger partial charge in [-0.2, -0.15) is 18.3 Å². The normalized spacial score (nSPS) is 11.8. The molecule has 0 bridgehead atoms. The number of ether oxygens (including phenoxy) is 3. The summed E-state index contributed by atoms with van der Waals surface area (Å²) in [6.45, 7) is 1.69. The van der Waals surface area contributed by atoms with Crippen LogP contribution in [0.4, 0.5) is 13.2 Å². The minimum Gasteiger partial charge on any atom is -0.493 e. The molecule has 0 radical (unpaired) electrons. The van der Waals surface area contributed by atoms with Gasteiger partial charge < -0.3 is 14.2 Å². The highest BCUT2D eigenvalue weighted by Gasteiger charge is 2.35. The monoisotopic (exact) mass is 380 g/mol. The van der Waals surface area contributed by atoms with Crippen molar-refractivity contribution < 1.29 is 27.4 Å². The molecule has 144 valence electrons. The van der Waals surface area contributed by atoms with Crippen molar-refractivity contribution >= 4 is 5.52 Å². The van der Waals surface area contributed by atoms with Gasteiger partial charge in [-0.15, -0.1) is 0 Å². The molecule has 0 N–H and O–H groups in total. The lowest BCUT2D eigenvalue weighted by Gasteiger charge is -2.12. The Kier molecular flexibility index (Phi) is 5.01. The predicted molar refractivity (Wildman–Crippen MR) is 94.2 cm³/mol. The Bertz CT molecular complexity index is 980. The van der Waals surface area contributed by atoms with Gasteiger partial charge in [0.05, 0.1) is 32.0 Å². The van der Waals surface area contributed by atoms with E-state index in [1.165, 1.54) is 21.3 Å². The number of methoxy groups -OCH3 is 3. The van der Waals surface area contributed by atoms with Gasteiger partial charge in [-0.05, 0) is 42.3 Å². The fourth-order valence-electron chi connectivity index (χ4n) is 3.08. The number of hydrogen-bond acceptors (Lipinski definition) is 4. The number of nitrogens with zero attached hydrogens (tertiary/aromatic N) is 2. The van der Waals surface area contributed by atoms with Gasteiger partial charge in [0.1, 0.15) is 5.69 Å². The Morgan fingerprint density at radius 2 is 1.70 bits per heavy atom. The van der Waals surface area contributed by atoms with E-state index in [4.69, 9.17) is 14.2 Å². The Labute approximate surface area is 154 Å². The number of alkyl halides is 3. The zero-order valence-electron chi connectivity index (χ0n) is 15.3. The molecule has 0 saturated heterocycles. The van der Waals surface area contributed by atoms with Crippen molar-refractivity contribution in [2.45, 2.75) is 19.7 Å². The first-order chi connectivity index (χ1) is 12.8. The average Bonchev–Trinajstić information content (AvgIpc) is 2.97. The number of aromatic nitrogens is 2. The Balaban J connectivity index is 2.35. The van der Waals surface area contributed by atoms with E-state index in [0.717, 1.165) is 10.6 Å². The van der Waals surface area contributed by atoms with Crippen LogP contribution in [-0.4, -0.2) is 30.9 Å². The van der Waals surface area contributed by atoms with Crippen molar-refractivity contribution in [2.24, 2.45) is 0 Å². The van der Waals surface area contributed by atoms with E-state index >= 15 is 0 Å². The molecule has 5 nitrogen and oxygen atoms in total. The van der Waals surface area contributed by atoms with Gasteiger partial charge in [-0.25, -0.2) is 4.52 Å². The predicted octanol–water partition coefficient (Wildman–Crippen LogP) is 4.49. The van der Waals surface area contributed by atoms with Gasteiger partial charge >= 0.3 is 6.18 Å². The van der Waals surface area contributed by atoms with Gasteiger partial charge in [0.25, 0.3) is 0 Å². The molecule has 0 aliphatic heterocycles. The number of pyridine rings is 1. The molecule has 0 unspecified atom stereocenters. The van der Waals surface area contributed by atoms with Gasteiger partial charge in [0, 0.05) is 12.7 Å². The number of rotatable bonds is 5. The highest BCUT2D eigenvalue weighted by molar-refractivity contribution is 5.84. The third kappa shape index (κ3) is 3.44. The molecule has 1 aromatic carbocycles. The maximum Gasteiger partial charge on any atom is 0.433 e. The fraction of sp³-hybridized carbons (Fsp3) is 0.316. The van der Waals surface area contributed by atoms with Gasteiger partial charge in [0.2, 0.25) is 0 Å². The SMILES string of the molecule is COCc1nn2c(C(F)(F)F)cc(C)cc2c1-c1ccc(OC)c(OC)c1. The number of hydrogen-bond donors (Lipinski definition) is 0. The van der Waals surface area contributed by atoms with Crippen molar-refractivity contribution in [3.05, 3.63) is 47.3 Å². The molecule has 8 heteroatoms. The zero-order chi connectivity index (χ0) is 19.8. The molecule has 27 heavy (non-hydrogen) atoms. The topological polar surface area (TPSA) is 45.0 Å². The second-order valence-electron chi connectivity index (χ2n) is 6.04. The second-order valence-corrected chi connectivity index (χ2v) is 6.04. The summed E-state index contributed by atoms with van der Waals surface area (Å²) in [6.07, 6.45) is -4.53. The van der Waals surface area contributed by atoms with Crippen LogP contribution in [0, 0.1) is 6.92 Å². The lowest BCUT2D eigenvalue weighted by Crippen LogP contribution is -2.13. The van der Waals surface area contributed by atoms with Crippen molar-refractivity contribution in [1.29, 1.82) is 0 Å². The summed E-state index contributed by atoms with van der Waals surface area (Å²) >= 11 is 0. The minimum absolute atomic E-state index is 0.0711. The lowest BCUT2D eigenvalue weighted by atomic mass is 10.0. The molecule has 0 fully saturated rings. The molecule has 0 amide bonds. The molecule has 3 rings (SSSR count). The Hall–Kier alpha value is -2.74. The maximum absolute atomic E-state index is 13.5. The highest BCUT2D eigenvalue weighted by Crippen LogP contribution is 2.38. The first-order valence-electron chi connectivity index (χ1n) is 8.11. The largest absolute Gasteiger partial charge is 0.493 e. The Morgan fingerprint density at radius 3 is 2.30 bits per heavy atom. The molecule has 0 atom stereocenters. The molecule has 3 aromatic rings. The molecule has 2 aromatic heterocycles. The molecule has 0 saturated carbocycles. The smallest absolute Gasteiger partial charge is 0.433 e. The summed E-state index contributed by atoms with van der Waals surface area (Å²) in [5.41, 5.74) is 1.63. The summed E-state index contributed by atoms with van der Waals surface area (Å²) in [5.74, 6) is 1.000. The molecule has 0 aliphatic carbocycles. The first kappa shape index (κ1) is 19.0. The Morgan fingerprint density at radius 1 is 1.00 bits per heavy atom. The van der Waals surface area contributed by atoms with Crippen LogP contribution in [0.15, 0.2) is 30.3 Å². The van der Waals surface area contributed by atoms with Crippen molar-refractivity contribution in [3.8, 4) is 22.6 Å². The van der Waals surface area contributed by atoms with Crippen LogP contribution in [0.25, 0.3) is 16.6 Å². The van der Waals surface area contributed by atoms with Crippen LogP contribution in [-0.2, 0) is 17.5 Å². The molecule has 2 heterocycles. The lowest BCUT2D eigenvalue weighted by molar-refractivity contribution is -0.142. The quantitative estimate of drug-likeness (QED) is 0.654. The second kappa shape index (κ2) is 7.11. The summed E-state index contributed by atoms with van der Waals surface area (Å²) in [4.78, 5) is 0. The first-order valence-corrected chi connectivity index (χ1v) is 8.11. The van der Waals surface area contributed by atoms with Crippen LogP contribution in [0.3, 0.4) is 0 Å². The maximum atomic E-state index is 13.5. The fourth-order valence-corrected chi connectivity index (χ4v) is 3.08. The van der Waals surface area contributed by atoms with Gasteiger partial charge in [-0.3, -0.25) is 0 Å². The molecular formula is C19H19F3N2O3. The van der Waals surface area contributed by atoms with Crippen molar-refractivity contribution in [1.82, 2.24) is 9.61 Å². The summed E-state index contributed by atoms with van der Waals surface area (Å²) in [5, 5.41) is 4.18. The number of benzene rings is 1. The summed E-state index contributed by atoms with van der Waals surface area (Å²) in [7, 11) is 4.49.